The lowest BCUT2D eigenvalue weighted by Gasteiger charge is -2.17. The zero-order chi connectivity index (χ0) is 27.3. The predicted octanol–water partition coefficient (Wildman–Crippen LogP) is 8.40. The van der Waals surface area contributed by atoms with Gasteiger partial charge in [-0.25, -0.2) is 4.39 Å². The highest BCUT2D eigenvalue weighted by atomic mass is 19.1. The molecule has 38 heavy (non-hydrogen) atoms. The van der Waals surface area contributed by atoms with Crippen molar-refractivity contribution >= 4 is 5.97 Å². The summed E-state index contributed by atoms with van der Waals surface area (Å²) in [6.45, 7) is 5.07. The summed E-state index contributed by atoms with van der Waals surface area (Å²) >= 11 is 0. The maximum atomic E-state index is 14.8. The van der Waals surface area contributed by atoms with E-state index in [1.165, 1.54) is 6.07 Å². The molecule has 0 aliphatic heterocycles. The van der Waals surface area contributed by atoms with Gasteiger partial charge in [0.25, 0.3) is 0 Å². The van der Waals surface area contributed by atoms with Crippen LogP contribution in [0.2, 0.25) is 0 Å². The first-order valence-corrected chi connectivity index (χ1v) is 13.5. The van der Waals surface area contributed by atoms with E-state index in [0.29, 0.717) is 41.6 Å². The number of benzene rings is 3. The summed E-state index contributed by atoms with van der Waals surface area (Å²) in [4.78, 5) is 11.3. The average Bonchev–Trinajstić information content (AvgIpc) is 2.92. The van der Waals surface area contributed by atoms with Gasteiger partial charge >= 0.3 is 5.97 Å². The molecule has 3 rings (SSSR count). The molecule has 0 saturated heterocycles. The third-order valence-corrected chi connectivity index (χ3v) is 6.56. The molecule has 0 aromatic heterocycles. The van der Waals surface area contributed by atoms with Gasteiger partial charge in [-0.1, -0.05) is 63.8 Å². The summed E-state index contributed by atoms with van der Waals surface area (Å²) in [5, 5.41) is 9.30. The van der Waals surface area contributed by atoms with Crippen LogP contribution in [-0.4, -0.2) is 24.8 Å². The van der Waals surface area contributed by atoms with Gasteiger partial charge in [0, 0.05) is 11.1 Å². The zero-order valence-electron chi connectivity index (χ0n) is 22.7. The van der Waals surface area contributed by atoms with E-state index < -0.39 is 5.97 Å². The Kier molecular flexibility index (Phi) is 11.5. The van der Waals surface area contributed by atoms with Crippen molar-refractivity contribution in [2.45, 2.75) is 71.3 Å². The Balaban J connectivity index is 1.81. The number of carboxylic acid groups (broad SMARTS) is 1. The first-order valence-electron chi connectivity index (χ1n) is 13.5. The van der Waals surface area contributed by atoms with Gasteiger partial charge in [0.05, 0.1) is 20.1 Å². The fourth-order valence-corrected chi connectivity index (χ4v) is 4.52. The van der Waals surface area contributed by atoms with E-state index in [9.17, 15) is 14.3 Å². The summed E-state index contributed by atoms with van der Waals surface area (Å²) in [5.74, 6) is 0.666. The van der Waals surface area contributed by atoms with Crippen molar-refractivity contribution in [2.75, 3.05) is 13.7 Å². The molecule has 0 aliphatic carbocycles. The number of unbranched alkanes of at least 4 members (excludes halogenated alkanes) is 3. The lowest BCUT2D eigenvalue weighted by molar-refractivity contribution is -0.137. The number of methoxy groups -OCH3 is 1. The Morgan fingerprint density at radius 1 is 0.895 bits per heavy atom. The van der Waals surface area contributed by atoms with E-state index in [2.05, 4.69) is 13.8 Å². The number of carbonyl (C=O) groups is 1. The molecule has 0 bridgehead atoms. The van der Waals surface area contributed by atoms with Gasteiger partial charge < -0.3 is 19.3 Å². The van der Waals surface area contributed by atoms with Crippen LogP contribution in [0.3, 0.4) is 0 Å². The lowest BCUT2D eigenvalue weighted by Crippen LogP contribution is -2.06. The van der Waals surface area contributed by atoms with Gasteiger partial charge in [0.15, 0.2) is 0 Å². The van der Waals surface area contributed by atoms with Crippen LogP contribution in [0, 0.1) is 5.82 Å². The van der Waals surface area contributed by atoms with Gasteiger partial charge in [-0.2, -0.15) is 0 Å². The minimum atomic E-state index is -0.801. The molecule has 5 nitrogen and oxygen atoms in total. The van der Waals surface area contributed by atoms with Crippen molar-refractivity contribution in [1.29, 1.82) is 0 Å². The molecule has 1 atom stereocenters. The smallest absolute Gasteiger partial charge is 0.303 e. The molecule has 3 aromatic carbocycles. The van der Waals surface area contributed by atoms with Gasteiger partial charge in [0.1, 0.15) is 29.7 Å². The third kappa shape index (κ3) is 8.51. The minimum absolute atomic E-state index is 0.0502. The van der Waals surface area contributed by atoms with Crippen LogP contribution in [0.1, 0.15) is 75.8 Å². The molecule has 0 fully saturated rings. The van der Waals surface area contributed by atoms with E-state index in [0.717, 1.165) is 49.7 Å². The number of aliphatic carboxylic acids is 1. The molecule has 6 heteroatoms. The molecule has 0 radical (unpaired) electrons. The van der Waals surface area contributed by atoms with Gasteiger partial charge in [-0.05, 0) is 66.3 Å². The van der Waals surface area contributed by atoms with Crippen LogP contribution in [0.25, 0.3) is 11.1 Å². The van der Waals surface area contributed by atoms with Crippen LogP contribution in [0.4, 0.5) is 4.39 Å². The fourth-order valence-electron chi connectivity index (χ4n) is 4.52. The Bertz CT molecular complexity index is 1180. The molecule has 1 N–H and O–H groups in total. The molecule has 0 spiro atoms. The Morgan fingerprint density at radius 2 is 1.74 bits per heavy atom. The summed E-state index contributed by atoms with van der Waals surface area (Å²) in [7, 11) is 1.56. The van der Waals surface area contributed by atoms with E-state index in [1.54, 1.807) is 19.2 Å². The summed E-state index contributed by atoms with van der Waals surface area (Å²) in [6, 6.07) is 18.0. The number of ether oxygens (including phenoxy) is 3. The fraction of sp³-hybridized carbons (Fsp3) is 0.406. The van der Waals surface area contributed by atoms with Crippen molar-refractivity contribution in [3.63, 3.8) is 0 Å². The molecule has 0 unspecified atom stereocenters. The molecule has 0 aliphatic rings. The molecule has 3 aromatic rings. The number of halogens is 1. The van der Waals surface area contributed by atoms with Crippen molar-refractivity contribution in [3.05, 3.63) is 77.6 Å². The third-order valence-electron chi connectivity index (χ3n) is 6.56. The van der Waals surface area contributed by atoms with E-state index in [4.69, 9.17) is 14.2 Å². The molecule has 0 heterocycles. The maximum absolute atomic E-state index is 14.8. The van der Waals surface area contributed by atoms with Crippen LogP contribution in [-0.2, 0) is 11.4 Å². The standard InChI is InChI=1S/C32H39FO5/c1-4-6-7-8-17-37-31-18-23(13-15-28(31)29-21-26(36-3)14-16-30(29)33)22-38-27-12-9-11-25(19-27)24(10-5-2)20-32(34)35/h9,11-16,18-19,21,24H,4-8,10,17,20,22H2,1-3H3,(H,34,35)/t24-/m0/s1. The van der Waals surface area contributed by atoms with Gasteiger partial charge in [0.2, 0.25) is 0 Å². The number of carboxylic acids is 1. The Hall–Kier alpha value is -3.54. The van der Waals surface area contributed by atoms with Crippen molar-refractivity contribution in [1.82, 2.24) is 0 Å². The molecule has 204 valence electrons. The van der Waals surface area contributed by atoms with Crippen LogP contribution in [0.15, 0.2) is 60.7 Å². The van der Waals surface area contributed by atoms with Crippen molar-refractivity contribution in [3.8, 4) is 28.4 Å². The van der Waals surface area contributed by atoms with E-state index >= 15 is 0 Å². The zero-order valence-corrected chi connectivity index (χ0v) is 22.7. The van der Waals surface area contributed by atoms with Crippen LogP contribution in [0.5, 0.6) is 17.2 Å². The number of hydrogen-bond donors (Lipinski definition) is 1. The quantitative estimate of drug-likeness (QED) is 0.191. The maximum Gasteiger partial charge on any atom is 0.303 e. The predicted molar refractivity (Wildman–Crippen MR) is 149 cm³/mol. The van der Waals surface area contributed by atoms with Crippen LogP contribution < -0.4 is 14.2 Å². The van der Waals surface area contributed by atoms with E-state index in [-0.39, 0.29) is 18.2 Å². The van der Waals surface area contributed by atoms with Gasteiger partial charge in [-0.15, -0.1) is 0 Å². The monoisotopic (exact) mass is 522 g/mol. The molecule has 0 saturated carbocycles. The highest BCUT2D eigenvalue weighted by Crippen LogP contribution is 2.36. The largest absolute Gasteiger partial charge is 0.497 e. The SMILES string of the molecule is CCCCCCOc1cc(COc2cccc([C@@H](CCC)CC(=O)O)c2)ccc1-c1cc(OC)ccc1F. The summed E-state index contributed by atoms with van der Waals surface area (Å²) in [6.07, 6.45) is 6.11. The molecule has 0 amide bonds. The second-order valence-corrected chi connectivity index (χ2v) is 9.53. The second-order valence-electron chi connectivity index (χ2n) is 9.53. The normalized spacial score (nSPS) is 11.7. The topological polar surface area (TPSA) is 65.0 Å². The first kappa shape index (κ1) is 29.0. The highest BCUT2D eigenvalue weighted by molar-refractivity contribution is 5.72. The Labute approximate surface area is 225 Å². The highest BCUT2D eigenvalue weighted by Gasteiger charge is 2.16. The number of hydrogen-bond acceptors (Lipinski definition) is 4. The lowest BCUT2D eigenvalue weighted by atomic mass is 9.91. The van der Waals surface area contributed by atoms with Crippen LogP contribution >= 0.6 is 0 Å². The molecular weight excluding hydrogens is 483 g/mol. The summed E-state index contributed by atoms with van der Waals surface area (Å²) in [5.41, 5.74) is 2.94. The minimum Gasteiger partial charge on any atom is -0.497 e. The first-order chi connectivity index (χ1) is 18.4. The average molecular weight is 523 g/mol. The summed E-state index contributed by atoms with van der Waals surface area (Å²) < 4.78 is 32.3. The Morgan fingerprint density at radius 3 is 2.47 bits per heavy atom. The molecular formula is C32H39FO5. The van der Waals surface area contributed by atoms with Crippen molar-refractivity contribution in [2.24, 2.45) is 0 Å². The number of rotatable bonds is 16. The van der Waals surface area contributed by atoms with Crippen molar-refractivity contribution < 1.29 is 28.5 Å². The van der Waals surface area contributed by atoms with E-state index in [1.807, 2.05) is 42.5 Å². The second kappa shape index (κ2) is 15.0. The van der Waals surface area contributed by atoms with Gasteiger partial charge in [-0.3, -0.25) is 4.79 Å².